The molecule has 0 unspecified atom stereocenters. The summed E-state index contributed by atoms with van der Waals surface area (Å²) in [5.74, 6) is -0.185. The van der Waals surface area contributed by atoms with Gasteiger partial charge in [-0.1, -0.05) is 11.6 Å². The van der Waals surface area contributed by atoms with E-state index in [0.717, 1.165) is 49.9 Å². The van der Waals surface area contributed by atoms with Crippen molar-refractivity contribution in [3.8, 4) is 0 Å². The monoisotopic (exact) mass is 324 g/mol. The maximum absolute atomic E-state index is 13.4. The van der Waals surface area contributed by atoms with E-state index in [2.05, 4.69) is 5.16 Å². The highest BCUT2D eigenvalue weighted by Gasteiger charge is 2.74. The zero-order chi connectivity index (χ0) is 16.1. The van der Waals surface area contributed by atoms with Gasteiger partial charge in [-0.3, -0.25) is 4.90 Å². The molecule has 0 radical (unpaired) electrons. The molecule has 0 aromatic carbocycles. The lowest BCUT2D eigenvalue weighted by Gasteiger charge is -2.45. The molecule has 4 rings (SSSR count). The van der Waals surface area contributed by atoms with Crippen LogP contribution in [0.4, 0.5) is 0 Å². The summed E-state index contributed by atoms with van der Waals surface area (Å²) in [5.41, 5.74) is -1.05. The first-order valence-corrected chi connectivity index (χ1v) is 8.86. The predicted molar refractivity (Wildman–Crippen MR) is 82.9 cm³/mol. The number of nitrogens with zero attached hydrogens (tertiary/aromatic N) is 2. The SMILES string of the molecule is [O-][N+]1=C2CCC/C(=N/O)[C@@]2(O)[C@@H]2CCCC[C@]21[NH+]1CCOCC1. The maximum atomic E-state index is 13.4. The number of nitrogens with one attached hydrogen (secondary N) is 1. The lowest BCUT2D eigenvalue weighted by Crippen LogP contribution is -3.24. The van der Waals surface area contributed by atoms with Gasteiger partial charge in [0.25, 0.3) is 0 Å². The molecular weight excluding hydrogens is 298 g/mol. The van der Waals surface area contributed by atoms with E-state index < -0.39 is 11.3 Å². The van der Waals surface area contributed by atoms with Crippen molar-refractivity contribution in [3.05, 3.63) is 5.21 Å². The second-order valence-corrected chi connectivity index (χ2v) is 7.35. The van der Waals surface area contributed by atoms with E-state index in [4.69, 9.17) is 4.74 Å². The Labute approximate surface area is 135 Å². The number of hydroxylamine groups is 1. The predicted octanol–water partition coefficient (Wildman–Crippen LogP) is -0.502. The van der Waals surface area contributed by atoms with Crippen LogP contribution in [0, 0.1) is 11.1 Å². The summed E-state index contributed by atoms with van der Waals surface area (Å²) in [6, 6.07) is 0. The summed E-state index contributed by atoms with van der Waals surface area (Å²) in [4.78, 5) is 1.23. The Morgan fingerprint density at radius 1 is 1.22 bits per heavy atom. The Kier molecular flexibility index (Phi) is 3.62. The minimum atomic E-state index is -1.35. The van der Waals surface area contributed by atoms with Gasteiger partial charge in [0.05, 0.1) is 25.3 Å². The number of fused-ring (bicyclic) bond motifs is 3. The lowest BCUT2D eigenvalue weighted by atomic mass is 9.65. The normalized spacial score (nSPS) is 43.5. The molecule has 4 aliphatic rings. The second kappa shape index (κ2) is 5.43. The van der Waals surface area contributed by atoms with Crippen LogP contribution < -0.4 is 4.90 Å². The molecule has 7 heteroatoms. The van der Waals surface area contributed by atoms with E-state index in [1.807, 2.05) is 0 Å². The largest absolute Gasteiger partial charge is 0.619 e. The Balaban J connectivity index is 1.85. The Bertz CT molecular complexity index is 558. The van der Waals surface area contributed by atoms with Crippen molar-refractivity contribution >= 4 is 11.4 Å². The van der Waals surface area contributed by atoms with E-state index in [0.29, 0.717) is 37.5 Å². The van der Waals surface area contributed by atoms with E-state index in [9.17, 15) is 15.5 Å². The molecule has 0 bridgehead atoms. The van der Waals surface area contributed by atoms with Gasteiger partial charge in [-0.2, -0.15) is 4.74 Å². The van der Waals surface area contributed by atoms with Crippen molar-refractivity contribution in [2.24, 2.45) is 11.1 Å². The Morgan fingerprint density at radius 3 is 2.74 bits per heavy atom. The van der Waals surface area contributed by atoms with Gasteiger partial charge in [-0.15, -0.1) is 0 Å². The number of hydrogen-bond acceptors (Lipinski definition) is 5. The quantitative estimate of drug-likeness (QED) is 0.262. The molecule has 3 atom stereocenters. The van der Waals surface area contributed by atoms with Gasteiger partial charge < -0.3 is 20.3 Å². The van der Waals surface area contributed by atoms with E-state index in [1.54, 1.807) is 0 Å². The fraction of sp³-hybridized carbons (Fsp3) is 0.875. The Hall–Kier alpha value is -1.18. The average Bonchev–Trinajstić information content (AvgIpc) is 2.82. The minimum Gasteiger partial charge on any atom is -0.619 e. The van der Waals surface area contributed by atoms with Crippen molar-refractivity contribution in [1.29, 1.82) is 0 Å². The summed E-state index contributed by atoms with van der Waals surface area (Å²) in [6.45, 7) is 2.91. The topological polar surface area (TPSA) is 92.6 Å². The molecule has 23 heavy (non-hydrogen) atoms. The van der Waals surface area contributed by atoms with Gasteiger partial charge in [0, 0.05) is 6.42 Å². The van der Waals surface area contributed by atoms with Crippen molar-refractivity contribution in [2.45, 2.75) is 56.2 Å². The summed E-state index contributed by atoms with van der Waals surface area (Å²) < 4.78 is 6.62. The number of oxime groups is 1. The van der Waals surface area contributed by atoms with Crippen LogP contribution in [-0.2, 0) is 4.74 Å². The number of quaternary nitrogens is 1. The van der Waals surface area contributed by atoms with Crippen molar-refractivity contribution < 1.29 is 24.7 Å². The van der Waals surface area contributed by atoms with Gasteiger partial charge in [0.15, 0.2) is 0 Å². The minimum absolute atomic E-state index is 0.185. The molecule has 3 N–H and O–H groups in total. The second-order valence-electron chi connectivity index (χ2n) is 7.35. The third kappa shape index (κ3) is 1.87. The summed E-state index contributed by atoms with van der Waals surface area (Å²) in [5, 5.41) is 37.8. The average molecular weight is 324 g/mol. The van der Waals surface area contributed by atoms with Crippen molar-refractivity contribution in [2.75, 3.05) is 26.3 Å². The summed E-state index contributed by atoms with van der Waals surface area (Å²) in [7, 11) is 0. The number of morpholine rings is 1. The van der Waals surface area contributed by atoms with Crippen LogP contribution in [-0.4, -0.2) is 64.0 Å². The van der Waals surface area contributed by atoms with Crippen LogP contribution in [0.1, 0.15) is 44.9 Å². The highest BCUT2D eigenvalue weighted by Crippen LogP contribution is 2.48. The van der Waals surface area contributed by atoms with Crippen molar-refractivity contribution in [1.82, 2.24) is 0 Å². The van der Waals surface area contributed by atoms with Crippen LogP contribution in [0.3, 0.4) is 0 Å². The molecule has 2 saturated carbocycles. The van der Waals surface area contributed by atoms with Crippen LogP contribution in [0.15, 0.2) is 5.16 Å². The molecular formula is C16H26N3O4+. The summed E-state index contributed by atoms with van der Waals surface area (Å²) in [6.07, 6.45) is 5.55. The molecule has 128 valence electrons. The molecule has 1 saturated heterocycles. The first-order valence-electron chi connectivity index (χ1n) is 8.86. The third-order valence-corrected chi connectivity index (χ3v) is 6.53. The first kappa shape index (κ1) is 15.4. The number of hydrogen-bond donors (Lipinski definition) is 3. The van der Waals surface area contributed by atoms with Crippen molar-refractivity contribution in [3.63, 3.8) is 0 Å². The summed E-state index contributed by atoms with van der Waals surface area (Å²) >= 11 is 0. The molecule has 2 aliphatic heterocycles. The fourth-order valence-electron chi connectivity index (χ4n) is 5.57. The van der Waals surface area contributed by atoms with Gasteiger partial charge in [0.2, 0.25) is 11.3 Å². The number of aliphatic hydroxyl groups is 1. The van der Waals surface area contributed by atoms with E-state index in [1.165, 1.54) is 4.90 Å². The fourth-order valence-corrected chi connectivity index (χ4v) is 5.57. The molecule has 0 spiro atoms. The molecule has 3 fully saturated rings. The molecule has 7 nitrogen and oxygen atoms in total. The van der Waals surface area contributed by atoms with E-state index >= 15 is 0 Å². The Morgan fingerprint density at radius 2 is 2.00 bits per heavy atom. The van der Waals surface area contributed by atoms with Crippen LogP contribution in [0.25, 0.3) is 0 Å². The lowest BCUT2D eigenvalue weighted by molar-refractivity contribution is -1.05. The van der Waals surface area contributed by atoms with Crippen LogP contribution >= 0.6 is 0 Å². The van der Waals surface area contributed by atoms with Gasteiger partial charge >= 0.3 is 5.66 Å². The zero-order valence-corrected chi connectivity index (χ0v) is 13.5. The first-order chi connectivity index (χ1) is 11.2. The molecule has 2 aliphatic carbocycles. The number of ether oxygens (including phenoxy) is 1. The van der Waals surface area contributed by atoms with E-state index in [-0.39, 0.29) is 5.92 Å². The van der Waals surface area contributed by atoms with Crippen LogP contribution in [0.5, 0.6) is 0 Å². The van der Waals surface area contributed by atoms with Gasteiger partial charge in [0.1, 0.15) is 19.0 Å². The molecule has 0 aromatic heterocycles. The highest BCUT2D eigenvalue weighted by molar-refractivity contribution is 6.15. The van der Waals surface area contributed by atoms with Crippen LogP contribution in [0.2, 0.25) is 0 Å². The third-order valence-electron chi connectivity index (χ3n) is 6.53. The van der Waals surface area contributed by atoms with Gasteiger partial charge in [-0.05, 0) is 25.7 Å². The highest BCUT2D eigenvalue weighted by atomic mass is 16.5. The van der Waals surface area contributed by atoms with Gasteiger partial charge in [-0.25, -0.2) is 0 Å². The molecule has 0 aromatic rings. The number of rotatable bonds is 1. The smallest absolute Gasteiger partial charge is 0.303 e. The molecule has 0 amide bonds. The zero-order valence-electron chi connectivity index (χ0n) is 13.5. The molecule has 2 heterocycles. The maximum Gasteiger partial charge on any atom is 0.303 e. The standard InChI is InChI=1S/C16H25N3O4/c20-16-12-4-1-2-7-15(12,18-8-10-23-11-9-18)19(22)14(16)6-3-5-13(16)17-21/h12,20-21H,1-11H2/p+1/b17-13-/t12-,15-,16+/m1/s1.